The smallest absolute Gasteiger partial charge is 0.274 e. The van der Waals surface area contributed by atoms with Gasteiger partial charge in [0.25, 0.3) is 5.91 Å². The minimum Gasteiger partial charge on any atom is -0.326 e. The Labute approximate surface area is 143 Å². The maximum absolute atomic E-state index is 13.2. The number of fused-ring (bicyclic) bond motifs is 1. The number of hydrogen-bond donors (Lipinski definition) is 0. The molecule has 2 aromatic heterocycles. The lowest BCUT2D eigenvalue weighted by atomic mass is 9.89. The zero-order valence-electron chi connectivity index (χ0n) is 14.4. The van der Waals surface area contributed by atoms with Crippen molar-refractivity contribution in [3.05, 3.63) is 53.9 Å². The maximum Gasteiger partial charge on any atom is 0.274 e. The molecular weight excluding hydrogens is 300 g/mol. The molecule has 0 spiro atoms. The van der Waals surface area contributed by atoms with E-state index in [1.165, 1.54) is 5.56 Å². The molecule has 2 aromatic rings. The summed E-state index contributed by atoms with van der Waals surface area (Å²) in [6, 6.07) is 4.31. The molecule has 1 aliphatic rings. The van der Waals surface area contributed by atoms with E-state index in [1.54, 1.807) is 18.6 Å². The van der Waals surface area contributed by atoms with Crippen LogP contribution in [0.15, 0.2) is 36.9 Å². The van der Waals surface area contributed by atoms with Gasteiger partial charge >= 0.3 is 0 Å². The summed E-state index contributed by atoms with van der Waals surface area (Å²) in [5.74, 6) is -0.0414. The Balaban J connectivity index is 2.02. The summed E-state index contributed by atoms with van der Waals surface area (Å²) >= 11 is 0. The lowest BCUT2D eigenvalue weighted by Crippen LogP contribution is -2.44. The van der Waals surface area contributed by atoms with E-state index in [1.807, 2.05) is 17.2 Å². The molecule has 24 heavy (non-hydrogen) atoms. The Morgan fingerprint density at radius 3 is 2.79 bits per heavy atom. The van der Waals surface area contributed by atoms with Crippen molar-refractivity contribution in [1.29, 1.82) is 0 Å². The number of rotatable bonds is 5. The fourth-order valence-electron chi connectivity index (χ4n) is 3.64. The zero-order chi connectivity index (χ0) is 16.9. The fraction of sp³-hybridized carbons (Fsp3) is 0.474. The molecule has 0 saturated heterocycles. The van der Waals surface area contributed by atoms with Crippen LogP contribution in [0.1, 0.15) is 67.3 Å². The van der Waals surface area contributed by atoms with Gasteiger partial charge in [-0.3, -0.25) is 14.8 Å². The first-order valence-electron chi connectivity index (χ1n) is 8.78. The van der Waals surface area contributed by atoms with Crippen LogP contribution in [0.3, 0.4) is 0 Å². The average Bonchev–Trinajstić information content (AvgIpc) is 2.66. The predicted octanol–water partition coefficient (Wildman–Crippen LogP) is 3.58. The van der Waals surface area contributed by atoms with Gasteiger partial charge in [0.05, 0.1) is 17.9 Å². The highest BCUT2D eigenvalue weighted by molar-refractivity contribution is 5.92. The second-order valence-electron chi connectivity index (χ2n) is 6.23. The molecule has 0 aromatic carbocycles. The molecule has 3 rings (SSSR count). The van der Waals surface area contributed by atoms with Crippen molar-refractivity contribution in [1.82, 2.24) is 19.9 Å². The van der Waals surface area contributed by atoms with Gasteiger partial charge in [-0.15, -0.1) is 0 Å². The topological polar surface area (TPSA) is 59.0 Å². The third kappa shape index (κ3) is 3.16. The van der Waals surface area contributed by atoms with E-state index in [0.29, 0.717) is 5.69 Å². The molecule has 1 atom stereocenters. The second kappa shape index (κ2) is 7.51. The van der Waals surface area contributed by atoms with Crippen LogP contribution in [-0.2, 0) is 6.42 Å². The molecule has 126 valence electrons. The number of amides is 1. The van der Waals surface area contributed by atoms with E-state index in [4.69, 9.17) is 0 Å². The van der Waals surface area contributed by atoms with Crippen molar-refractivity contribution < 1.29 is 4.79 Å². The third-order valence-electron chi connectivity index (χ3n) is 4.85. The molecule has 2 heterocycles. The summed E-state index contributed by atoms with van der Waals surface area (Å²) < 4.78 is 0. The van der Waals surface area contributed by atoms with E-state index in [9.17, 15) is 4.79 Å². The van der Waals surface area contributed by atoms with E-state index in [2.05, 4.69) is 34.9 Å². The van der Waals surface area contributed by atoms with Gasteiger partial charge in [0.2, 0.25) is 0 Å². The Bertz CT molecular complexity index is 685. The van der Waals surface area contributed by atoms with Crippen LogP contribution in [0, 0.1) is 0 Å². The number of hydrogen-bond acceptors (Lipinski definition) is 4. The molecule has 1 amide bonds. The number of aryl methyl sites for hydroxylation is 1. The van der Waals surface area contributed by atoms with E-state index in [0.717, 1.165) is 37.8 Å². The SMILES string of the molecule is CCC(CC)N(C(=O)c1cnccn1)[C@H]1CCCc2cccnc21. The molecule has 5 heteroatoms. The van der Waals surface area contributed by atoms with Crippen molar-refractivity contribution in [2.45, 2.75) is 58.0 Å². The van der Waals surface area contributed by atoms with Gasteiger partial charge in [-0.2, -0.15) is 0 Å². The van der Waals surface area contributed by atoms with Crippen molar-refractivity contribution in [2.24, 2.45) is 0 Å². The molecule has 0 fully saturated rings. The van der Waals surface area contributed by atoms with Crippen LogP contribution in [0.4, 0.5) is 0 Å². The molecule has 0 radical (unpaired) electrons. The van der Waals surface area contributed by atoms with Crippen LogP contribution in [0.2, 0.25) is 0 Å². The van der Waals surface area contributed by atoms with Gasteiger partial charge in [-0.25, -0.2) is 4.98 Å². The van der Waals surface area contributed by atoms with Crippen molar-refractivity contribution in [3.8, 4) is 0 Å². The highest BCUT2D eigenvalue weighted by Gasteiger charge is 2.34. The van der Waals surface area contributed by atoms with Crippen molar-refractivity contribution >= 4 is 5.91 Å². The summed E-state index contributed by atoms with van der Waals surface area (Å²) in [5, 5.41) is 0. The minimum atomic E-state index is -0.0414. The largest absolute Gasteiger partial charge is 0.326 e. The first-order chi connectivity index (χ1) is 11.8. The Morgan fingerprint density at radius 1 is 1.25 bits per heavy atom. The molecule has 0 saturated carbocycles. The summed E-state index contributed by atoms with van der Waals surface area (Å²) in [4.78, 5) is 28.1. The third-order valence-corrected chi connectivity index (χ3v) is 4.85. The van der Waals surface area contributed by atoms with Crippen LogP contribution in [0.5, 0.6) is 0 Å². The fourth-order valence-corrected chi connectivity index (χ4v) is 3.64. The van der Waals surface area contributed by atoms with Crippen LogP contribution in [-0.4, -0.2) is 31.8 Å². The lowest BCUT2D eigenvalue weighted by Gasteiger charge is -2.39. The summed E-state index contributed by atoms with van der Waals surface area (Å²) in [7, 11) is 0. The van der Waals surface area contributed by atoms with E-state index >= 15 is 0 Å². The summed E-state index contributed by atoms with van der Waals surface area (Å²) in [5.41, 5.74) is 2.72. The van der Waals surface area contributed by atoms with E-state index in [-0.39, 0.29) is 18.0 Å². The van der Waals surface area contributed by atoms with Crippen LogP contribution in [0.25, 0.3) is 0 Å². The quantitative estimate of drug-likeness (QED) is 0.843. The standard InChI is InChI=1S/C19H24N4O/c1-3-15(4-2)23(19(24)16-13-20-11-12-21-16)17-9-5-7-14-8-6-10-22-18(14)17/h6,8,10-13,15,17H,3-5,7,9H2,1-2H3/t17-/m0/s1. The number of carbonyl (C=O) groups is 1. The monoisotopic (exact) mass is 324 g/mol. The molecule has 0 N–H and O–H groups in total. The van der Waals surface area contributed by atoms with E-state index < -0.39 is 0 Å². The van der Waals surface area contributed by atoms with Gasteiger partial charge < -0.3 is 4.90 Å². The highest BCUT2D eigenvalue weighted by Crippen LogP contribution is 2.35. The second-order valence-corrected chi connectivity index (χ2v) is 6.23. The lowest BCUT2D eigenvalue weighted by molar-refractivity contribution is 0.0513. The first-order valence-corrected chi connectivity index (χ1v) is 8.78. The van der Waals surface area contributed by atoms with Crippen LogP contribution < -0.4 is 0 Å². The average molecular weight is 324 g/mol. The predicted molar refractivity (Wildman–Crippen MR) is 92.5 cm³/mol. The maximum atomic E-state index is 13.2. The molecule has 1 aliphatic carbocycles. The highest BCUT2D eigenvalue weighted by atomic mass is 16.2. The number of pyridine rings is 1. The zero-order valence-corrected chi connectivity index (χ0v) is 14.4. The molecule has 0 bridgehead atoms. The molecule has 0 unspecified atom stereocenters. The molecular formula is C19H24N4O. The number of aromatic nitrogens is 3. The van der Waals surface area contributed by atoms with Gasteiger partial charge in [-0.1, -0.05) is 19.9 Å². The molecule has 5 nitrogen and oxygen atoms in total. The van der Waals surface area contributed by atoms with Crippen molar-refractivity contribution in [2.75, 3.05) is 0 Å². The van der Waals surface area contributed by atoms with Crippen LogP contribution >= 0.6 is 0 Å². The first kappa shape index (κ1) is 16.6. The van der Waals surface area contributed by atoms with Gasteiger partial charge in [0.15, 0.2) is 0 Å². The summed E-state index contributed by atoms with van der Waals surface area (Å²) in [6.07, 6.45) is 11.5. The summed E-state index contributed by atoms with van der Waals surface area (Å²) in [6.45, 7) is 4.26. The van der Waals surface area contributed by atoms with Gasteiger partial charge in [0, 0.05) is 24.6 Å². The number of carbonyl (C=O) groups excluding carboxylic acids is 1. The Morgan fingerprint density at radius 2 is 2.08 bits per heavy atom. The minimum absolute atomic E-state index is 0.0226. The Hall–Kier alpha value is -2.30. The van der Waals surface area contributed by atoms with Gasteiger partial charge in [0.1, 0.15) is 5.69 Å². The molecule has 0 aliphatic heterocycles. The van der Waals surface area contributed by atoms with Gasteiger partial charge in [-0.05, 0) is 43.7 Å². The van der Waals surface area contributed by atoms with Crippen molar-refractivity contribution in [3.63, 3.8) is 0 Å². The normalized spacial score (nSPS) is 16.7. The Kier molecular flexibility index (Phi) is 5.18. The number of nitrogens with zero attached hydrogens (tertiary/aromatic N) is 4.